The molecule has 0 spiro atoms. The fourth-order valence-corrected chi connectivity index (χ4v) is 2.27. The van der Waals surface area contributed by atoms with Gasteiger partial charge in [-0.25, -0.2) is 4.68 Å². The van der Waals surface area contributed by atoms with Crippen molar-refractivity contribution in [3.63, 3.8) is 0 Å². The summed E-state index contributed by atoms with van der Waals surface area (Å²) in [7, 11) is 0. The lowest BCUT2D eigenvalue weighted by atomic mass is 10.1. The van der Waals surface area contributed by atoms with E-state index in [1.807, 2.05) is 30.3 Å². The number of amides is 1. The monoisotopic (exact) mass is 296 g/mol. The molecule has 1 aromatic carbocycles. The number of fused-ring (bicyclic) bond motifs is 1. The SMILES string of the molecule is O=C(Cn1ncn2cccc2c1=O)NCCc1ccccc1. The molecule has 2 heterocycles. The second-order valence-corrected chi connectivity index (χ2v) is 4.98. The molecule has 0 saturated carbocycles. The minimum Gasteiger partial charge on any atom is -0.354 e. The van der Waals surface area contributed by atoms with E-state index in [2.05, 4.69) is 10.4 Å². The van der Waals surface area contributed by atoms with Gasteiger partial charge in [0.25, 0.3) is 5.56 Å². The van der Waals surface area contributed by atoms with Crippen molar-refractivity contribution in [2.24, 2.45) is 0 Å². The Morgan fingerprint density at radius 3 is 2.77 bits per heavy atom. The van der Waals surface area contributed by atoms with Gasteiger partial charge in [-0.3, -0.25) is 9.59 Å². The van der Waals surface area contributed by atoms with Crippen molar-refractivity contribution in [3.05, 3.63) is 70.9 Å². The van der Waals surface area contributed by atoms with Crippen LogP contribution in [0.15, 0.2) is 59.8 Å². The maximum atomic E-state index is 12.1. The molecule has 0 unspecified atom stereocenters. The van der Waals surface area contributed by atoms with Gasteiger partial charge in [-0.1, -0.05) is 30.3 Å². The summed E-state index contributed by atoms with van der Waals surface area (Å²) in [5.74, 6) is -0.221. The van der Waals surface area contributed by atoms with Crippen LogP contribution in [-0.2, 0) is 17.8 Å². The van der Waals surface area contributed by atoms with Crippen LogP contribution in [0.5, 0.6) is 0 Å². The van der Waals surface area contributed by atoms with E-state index in [-0.39, 0.29) is 18.0 Å². The summed E-state index contributed by atoms with van der Waals surface area (Å²) in [4.78, 5) is 24.0. The first-order valence-electron chi connectivity index (χ1n) is 7.07. The highest BCUT2D eigenvalue weighted by molar-refractivity contribution is 5.75. The molecule has 0 radical (unpaired) electrons. The predicted octanol–water partition coefficient (Wildman–Crippen LogP) is 0.855. The Morgan fingerprint density at radius 2 is 1.95 bits per heavy atom. The third kappa shape index (κ3) is 3.06. The average molecular weight is 296 g/mol. The summed E-state index contributed by atoms with van der Waals surface area (Å²) in [6.07, 6.45) is 4.02. The maximum absolute atomic E-state index is 12.1. The van der Waals surface area contributed by atoms with Gasteiger partial charge in [-0.2, -0.15) is 5.10 Å². The number of hydrogen-bond donors (Lipinski definition) is 1. The van der Waals surface area contributed by atoms with E-state index in [9.17, 15) is 9.59 Å². The minimum atomic E-state index is -0.272. The molecule has 3 aromatic rings. The smallest absolute Gasteiger partial charge is 0.291 e. The van der Waals surface area contributed by atoms with Gasteiger partial charge in [0.2, 0.25) is 5.91 Å². The van der Waals surface area contributed by atoms with Gasteiger partial charge in [-0.05, 0) is 24.1 Å². The van der Waals surface area contributed by atoms with Crippen molar-refractivity contribution >= 4 is 11.4 Å². The number of aromatic nitrogens is 3. The lowest BCUT2D eigenvalue weighted by molar-refractivity contribution is -0.121. The van der Waals surface area contributed by atoms with Crippen molar-refractivity contribution in [3.8, 4) is 0 Å². The zero-order valence-electron chi connectivity index (χ0n) is 12.0. The van der Waals surface area contributed by atoms with Crippen molar-refractivity contribution in [1.29, 1.82) is 0 Å². The highest BCUT2D eigenvalue weighted by Crippen LogP contribution is 1.98. The average Bonchev–Trinajstić information content (AvgIpc) is 3.01. The Balaban J connectivity index is 1.59. The summed E-state index contributed by atoms with van der Waals surface area (Å²) in [6.45, 7) is 0.459. The Kier molecular flexibility index (Phi) is 4.00. The second kappa shape index (κ2) is 6.26. The first kappa shape index (κ1) is 14.1. The van der Waals surface area contributed by atoms with Crippen molar-refractivity contribution in [2.45, 2.75) is 13.0 Å². The molecule has 1 N–H and O–H groups in total. The Bertz CT molecular complexity index is 836. The van der Waals surface area contributed by atoms with E-state index >= 15 is 0 Å². The number of rotatable bonds is 5. The second-order valence-electron chi connectivity index (χ2n) is 4.98. The Morgan fingerprint density at radius 1 is 1.14 bits per heavy atom. The van der Waals surface area contributed by atoms with Crippen molar-refractivity contribution in [2.75, 3.05) is 6.54 Å². The summed E-state index contributed by atoms with van der Waals surface area (Å²) >= 11 is 0. The lowest BCUT2D eigenvalue weighted by Crippen LogP contribution is -2.35. The molecule has 112 valence electrons. The van der Waals surface area contributed by atoms with E-state index in [0.717, 1.165) is 12.0 Å². The van der Waals surface area contributed by atoms with Crippen LogP contribution in [0.25, 0.3) is 5.52 Å². The van der Waals surface area contributed by atoms with E-state index in [0.29, 0.717) is 12.1 Å². The quantitative estimate of drug-likeness (QED) is 0.759. The molecule has 6 heteroatoms. The number of nitrogens with one attached hydrogen (secondary N) is 1. The molecule has 3 rings (SSSR count). The van der Waals surface area contributed by atoms with Gasteiger partial charge >= 0.3 is 0 Å². The molecule has 1 amide bonds. The molecular formula is C16H16N4O2. The molecular weight excluding hydrogens is 280 g/mol. The molecule has 0 saturated heterocycles. The number of nitrogens with zero attached hydrogens (tertiary/aromatic N) is 3. The Hall–Kier alpha value is -2.89. The van der Waals surface area contributed by atoms with Crippen LogP contribution < -0.4 is 10.9 Å². The molecule has 22 heavy (non-hydrogen) atoms. The van der Waals surface area contributed by atoms with E-state index in [4.69, 9.17) is 0 Å². The molecule has 0 bridgehead atoms. The Labute approximate surface area is 127 Å². The largest absolute Gasteiger partial charge is 0.354 e. The number of carbonyl (C=O) groups is 1. The first-order chi connectivity index (χ1) is 10.7. The fourth-order valence-electron chi connectivity index (χ4n) is 2.27. The third-order valence-corrected chi connectivity index (χ3v) is 3.42. The molecule has 6 nitrogen and oxygen atoms in total. The topological polar surface area (TPSA) is 68.4 Å². The maximum Gasteiger partial charge on any atom is 0.291 e. The molecule has 0 atom stereocenters. The summed E-state index contributed by atoms with van der Waals surface area (Å²) in [5, 5.41) is 6.79. The molecule has 0 aliphatic rings. The fraction of sp³-hybridized carbons (Fsp3) is 0.188. The summed E-state index contributed by atoms with van der Waals surface area (Å²) in [5.41, 5.74) is 1.39. The van der Waals surface area contributed by atoms with E-state index in [1.165, 1.54) is 11.0 Å². The third-order valence-electron chi connectivity index (χ3n) is 3.42. The van der Waals surface area contributed by atoms with Gasteiger partial charge in [0.15, 0.2) is 0 Å². The number of benzene rings is 1. The van der Waals surface area contributed by atoms with Crippen LogP contribution in [-0.4, -0.2) is 26.6 Å². The normalized spacial score (nSPS) is 10.7. The van der Waals surface area contributed by atoms with Crippen LogP contribution in [0.2, 0.25) is 0 Å². The molecule has 0 aliphatic carbocycles. The zero-order valence-corrected chi connectivity index (χ0v) is 12.0. The van der Waals surface area contributed by atoms with Crippen LogP contribution in [0.1, 0.15) is 5.56 Å². The number of carbonyl (C=O) groups excluding carboxylic acids is 1. The van der Waals surface area contributed by atoms with E-state index in [1.54, 1.807) is 22.7 Å². The summed E-state index contributed by atoms with van der Waals surface area (Å²) < 4.78 is 2.80. The van der Waals surface area contributed by atoms with Gasteiger partial charge in [0.1, 0.15) is 18.4 Å². The predicted molar refractivity (Wildman–Crippen MR) is 82.6 cm³/mol. The number of hydrogen-bond acceptors (Lipinski definition) is 3. The van der Waals surface area contributed by atoms with Crippen LogP contribution in [0.4, 0.5) is 0 Å². The van der Waals surface area contributed by atoms with Crippen LogP contribution >= 0.6 is 0 Å². The van der Waals surface area contributed by atoms with Gasteiger partial charge in [0.05, 0.1) is 0 Å². The summed E-state index contributed by atoms with van der Waals surface area (Å²) in [6, 6.07) is 13.4. The van der Waals surface area contributed by atoms with Gasteiger partial charge in [0, 0.05) is 12.7 Å². The van der Waals surface area contributed by atoms with E-state index < -0.39 is 0 Å². The van der Waals surface area contributed by atoms with Crippen molar-refractivity contribution in [1.82, 2.24) is 19.5 Å². The highest BCUT2D eigenvalue weighted by atomic mass is 16.2. The molecule has 0 fully saturated rings. The lowest BCUT2D eigenvalue weighted by Gasteiger charge is -2.07. The molecule has 2 aromatic heterocycles. The first-order valence-corrected chi connectivity index (χ1v) is 7.07. The van der Waals surface area contributed by atoms with Crippen molar-refractivity contribution < 1.29 is 4.79 Å². The van der Waals surface area contributed by atoms with Gasteiger partial charge < -0.3 is 9.72 Å². The molecule has 0 aliphatic heterocycles. The van der Waals surface area contributed by atoms with Gasteiger partial charge in [-0.15, -0.1) is 0 Å². The standard InChI is InChI=1S/C16H16N4O2/c21-15(17-9-8-13-5-2-1-3-6-13)11-20-16(22)14-7-4-10-19(14)12-18-20/h1-7,10,12H,8-9,11H2,(H,17,21). The van der Waals surface area contributed by atoms with Crippen LogP contribution in [0, 0.1) is 0 Å². The highest BCUT2D eigenvalue weighted by Gasteiger charge is 2.08. The minimum absolute atomic E-state index is 0.0741. The zero-order chi connectivity index (χ0) is 15.4. The van der Waals surface area contributed by atoms with Crippen LogP contribution in [0.3, 0.4) is 0 Å².